The first-order valence-corrected chi connectivity index (χ1v) is 6.20. The van der Waals surface area contributed by atoms with Crippen LogP contribution in [0.2, 0.25) is 0 Å². The molecular weight excluding hydrogens is 274 g/mol. The third-order valence-corrected chi connectivity index (χ3v) is 3.30. The van der Waals surface area contributed by atoms with E-state index in [2.05, 4.69) is 10.1 Å². The summed E-state index contributed by atoms with van der Waals surface area (Å²) in [4.78, 5) is 15.2. The molecule has 2 aromatic heterocycles. The maximum atomic E-state index is 11.1. The Balaban J connectivity index is 1.92. The van der Waals surface area contributed by atoms with Crippen LogP contribution in [0.15, 0.2) is 36.7 Å². The lowest BCUT2D eigenvalue weighted by Gasteiger charge is -2.05. The van der Waals surface area contributed by atoms with Crippen molar-refractivity contribution in [2.45, 2.75) is 0 Å². The fraction of sp³-hybridized carbons (Fsp3) is 0.0714. The lowest BCUT2D eigenvalue weighted by molar-refractivity contribution is 0.0698. The van der Waals surface area contributed by atoms with Crippen molar-refractivity contribution in [1.82, 2.24) is 14.6 Å². The highest BCUT2D eigenvalue weighted by Gasteiger charge is 2.18. The molecule has 3 aromatic rings. The average Bonchev–Trinajstić information content (AvgIpc) is 3.12. The maximum absolute atomic E-state index is 11.1. The van der Waals surface area contributed by atoms with Crippen LogP contribution in [0.1, 0.15) is 10.4 Å². The van der Waals surface area contributed by atoms with E-state index in [1.165, 1.54) is 10.7 Å². The van der Waals surface area contributed by atoms with Gasteiger partial charge in [-0.15, -0.1) is 0 Å². The number of carboxylic acids is 1. The number of ether oxygens (including phenoxy) is 2. The van der Waals surface area contributed by atoms with E-state index in [9.17, 15) is 4.79 Å². The maximum Gasteiger partial charge on any atom is 0.341 e. The number of carbonyl (C=O) groups is 1. The second kappa shape index (κ2) is 4.20. The largest absolute Gasteiger partial charge is 0.477 e. The number of hydrogen-bond acceptors (Lipinski definition) is 5. The van der Waals surface area contributed by atoms with E-state index in [1.807, 2.05) is 18.2 Å². The molecule has 1 aromatic carbocycles. The molecule has 7 nitrogen and oxygen atoms in total. The Morgan fingerprint density at radius 2 is 2.10 bits per heavy atom. The Morgan fingerprint density at radius 3 is 2.95 bits per heavy atom. The van der Waals surface area contributed by atoms with Crippen LogP contribution in [-0.2, 0) is 0 Å². The number of fused-ring (bicyclic) bond motifs is 2. The number of rotatable bonds is 2. The highest BCUT2D eigenvalue weighted by atomic mass is 16.7. The summed E-state index contributed by atoms with van der Waals surface area (Å²) in [5.74, 6) is 0.291. The van der Waals surface area contributed by atoms with Crippen molar-refractivity contribution in [3.63, 3.8) is 0 Å². The molecule has 0 aliphatic carbocycles. The normalized spacial score (nSPS) is 12.8. The molecule has 1 aliphatic heterocycles. The summed E-state index contributed by atoms with van der Waals surface area (Å²) in [5, 5.41) is 13.2. The predicted octanol–water partition coefficient (Wildman–Crippen LogP) is 1.82. The van der Waals surface area contributed by atoms with Crippen molar-refractivity contribution >= 4 is 11.6 Å². The van der Waals surface area contributed by atoms with Crippen LogP contribution in [-0.4, -0.2) is 32.5 Å². The fourth-order valence-electron chi connectivity index (χ4n) is 2.32. The lowest BCUT2D eigenvalue weighted by atomic mass is 10.1. The van der Waals surface area contributed by atoms with Gasteiger partial charge in [-0.2, -0.15) is 5.10 Å². The Hall–Kier alpha value is -3.09. The second-order valence-corrected chi connectivity index (χ2v) is 4.50. The van der Waals surface area contributed by atoms with Crippen LogP contribution in [0.3, 0.4) is 0 Å². The van der Waals surface area contributed by atoms with E-state index >= 15 is 0 Å². The smallest absolute Gasteiger partial charge is 0.341 e. The molecule has 104 valence electrons. The van der Waals surface area contributed by atoms with Gasteiger partial charge >= 0.3 is 5.97 Å². The summed E-state index contributed by atoms with van der Waals surface area (Å²) < 4.78 is 12.1. The number of aromatic nitrogens is 3. The SMILES string of the molecule is O=C(O)c1cnn2c(-c3ccc4c(c3)OCO4)ccnc12. The van der Waals surface area contributed by atoms with Gasteiger partial charge in [-0.05, 0) is 24.3 Å². The first-order valence-electron chi connectivity index (χ1n) is 6.20. The van der Waals surface area contributed by atoms with Crippen LogP contribution in [0.4, 0.5) is 0 Å². The van der Waals surface area contributed by atoms with Crippen LogP contribution in [0.25, 0.3) is 16.9 Å². The zero-order chi connectivity index (χ0) is 14.4. The summed E-state index contributed by atoms with van der Waals surface area (Å²) in [6.45, 7) is 0.204. The van der Waals surface area contributed by atoms with Crippen molar-refractivity contribution in [2.24, 2.45) is 0 Å². The third-order valence-electron chi connectivity index (χ3n) is 3.30. The van der Waals surface area contributed by atoms with E-state index in [0.717, 1.165) is 11.3 Å². The van der Waals surface area contributed by atoms with Gasteiger partial charge in [0.25, 0.3) is 0 Å². The summed E-state index contributed by atoms with van der Waals surface area (Å²) in [6.07, 6.45) is 2.85. The predicted molar refractivity (Wildman–Crippen MR) is 71.5 cm³/mol. The zero-order valence-corrected chi connectivity index (χ0v) is 10.7. The topological polar surface area (TPSA) is 86.0 Å². The van der Waals surface area contributed by atoms with E-state index in [0.29, 0.717) is 17.1 Å². The molecular formula is C14H9N3O4. The van der Waals surface area contributed by atoms with Crippen molar-refractivity contribution in [1.29, 1.82) is 0 Å². The fourth-order valence-corrected chi connectivity index (χ4v) is 2.32. The zero-order valence-electron chi connectivity index (χ0n) is 10.7. The summed E-state index contributed by atoms with van der Waals surface area (Å²) in [6, 6.07) is 7.28. The van der Waals surface area contributed by atoms with Gasteiger partial charge in [-0.3, -0.25) is 0 Å². The van der Waals surface area contributed by atoms with Gasteiger partial charge in [0, 0.05) is 11.8 Å². The van der Waals surface area contributed by atoms with Crippen LogP contribution < -0.4 is 9.47 Å². The first kappa shape index (κ1) is 11.7. The van der Waals surface area contributed by atoms with E-state index in [-0.39, 0.29) is 12.4 Å². The molecule has 0 radical (unpaired) electrons. The first-order chi connectivity index (χ1) is 10.2. The Bertz CT molecular complexity index is 872. The molecule has 4 rings (SSSR count). The molecule has 0 saturated heterocycles. The number of aromatic carboxylic acids is 1. The summed E-state index contributed by atoms with van der Waals surface area (Å²) in [5.41, 5.74) is 1.94. The van der Waals surface area contributed by atoms with E-state index in [1.54, 1.807) is 12.3 Å². The molecule has 0 spiro atoms. The molecule has 0 saturated carbocycles. The summed E-state index contributed by atoms with van der Waals surface area (Å²) in [7, 11) is 0. The minimum atomic E-state index is -1.06. The standard InChI is InChI=1S/C14H9N3O4/c18-14(19)9-6-16-17-10(3-4-15-13(9)17)8-1-2-11-12(5-8)21-7-20-11/h1-6H,7H2,(H,18,19). The monoisotopic (exact) mass is 283 g/mol. The molecule has 7 heteroatoms. The van der Waals surface area contributed by atoms with E-state index in [4.69, 9.17) is 14.6 Å². The van der Waals surface area contributed by atoms with Crippen molar-refractivity contribution in [2.75, 3.05) is 6.79 Å². The van der Waals surface area contributed by atoms with Gasteiger partial charge in [0.15, 0.2) is 17.1 Å². The summed E-state index contributed by atoms with van der Waals surface area (Å²) >= 11 is 0. The average molecular weight is 283 g/mol. The molecule has 0 bridgehead atoms. The molecule has 0 unspecified atom stereocenters. The van der Waals surface area contributed by atoms with Gasteiger partial charge in [0.2, 0.25) is 6.79 Å². The van der Waals surface area contributed by atoms with Gasteiger partial charge in [-0.1, -0.05) is 0 Å². The molecule has 3 heterocycles. The van der Waals surface area contributed by atoms with E-state index < -0.39 is 5.97 Å². The minimum absolute atomic E-state index is 0.0672. The number of nitrogens with zero attached hydrogens (tertiary/aromatic N) is 3. The van der Waals surface area contributed by atoms with Gasteiger partial charge in [-0.25, -0.2) is 14.3 Å². The molecule has 1 N–H and O–H groups in total. The van der Waals surface area contributed by atoms with Crippen molar-refractivity contribution in [3.8, 4) is 22.8 Å². The Labute approximate surface area is 118 Å². The minimum Gasteiger partial charge on any atom is -0.477 e. The van der Waals surface area contributed by atoms with Crippen molar-refractivity contribution < 1.29 is 19.4 Å². The highest BCUT2D eigenvalue weighted by Crippen LogP contribution is 2.35. The van der Waals surface area contributed by atoms with Crippen LogP contribution in [0.5, 0.6) is 11.5 Å². The van der Waals surface area contributed by atoms with Crippen LogP contribution in [0, 0.1) is 0 Å². The molecule has 21 heavy (non-hydrogen) atoms. The van der Waals surface area contributed by atoms with Gasteiger partial charge in [0.05, 0.1) is 11.9 Å². The molecule has 0 amide bonds. The number of hydrogen-bond donors (Lipinski definition) is 1. The molecule has 0 atom stereocenters. The van der Waals surface area contributed by atoms with Crippen LogP contribution >= 0.6 is 0 Å². The second-order valence-electron chi connectivity index (χ2n) is 4.50. The number of benzene rings is 1. The highest BCUT2D eigenvalue weighted by molar-refractivity contribution is 5.94. The third kappa shape index (κ3) is 1.71. The Morgan fingerprint density at radius 1 is 1.24 bits per heavy atom. The van der Waals surface area contributed by atoms with Gasteiger partial charge in [0.1, 0.15) is 5.56 Å². The quantitative estimate of drug-likeness (QED) is 0.772. The molecule has 0 fully saturated rings. The lowest BCUT2D eigenvalue weighted by Crippen LogP contribution is -1.99. The Kier molecular flexibility index (Phi) is 2.34. The van der Waals surface area contributed by atoms with Crippen molar-refractivity contribution in [3.05, 3.63) is 42.2 Å². The molecule has 1 aliphatic rings. The number of carboxylic acid groups (broad SMARTS) is 1. The van der Waals surface area contributed by atoms with Gasteiger partial charge < -0.3 is 14.6 Å².